The first-order chi connectivity index (χ1) is 8.51. The molecule has 0 aromatic heterocycles. The van der Waals surface area contributed by atoms with Crippen molar-refractivity contribution in [2.45, 2.75) is 43.5 Å². The Morgan fingerprint density at radius 2 is 1.83 bits per heavy atom. The number of halogens is 3. The van der Waals surface area contributed by atoms with Crippen molar-refractivity contribution in [1.29, 1.82) is 0 Å². The van der Waals surface area contributed by atoms with E-state index >= 15 is 0 Å². The molecule has 104 valence electrons. The third-order valence-corrected chi connectivity index (χ3v) is 2.77. The zero-order valence-corrected chi connectivity index (χ0v) is 11.6. The molecule has 0 spiro atoms. The predicted molar refractivity (Wildman–Crippen MR) is 71.7 cm³/mol. The summed E-state index contributed by atoms with van der Waals surface area (Å²) in [5, 5.41) is 0. The number of alkyl halides is 3. The Morgan fingerprint density at radius 3 is 2.39 bits per heavy atom. The van der Waals surface area contributed by atoms with Gasteiger partial charge in [0.25, 0.3) is 0 Å². The third kappa shape index (κ3) is 8.42. The Bertz CT molecular complexity index is 326. The van der Waals surface area contributed by atoms with Crippen molar-refractivity contribution in [3.63, 3.8) is 0 Å². The van der Waals surface area contributed by atoms with Gasteiger partial charge >= 0.3 is 5.51 Å². The molecule has 0 saturated carbocycles. The molecule has 18 heavy (non-hydrogen) atoms. The van der Waals surface area contributed by atoms with Gasteiger partial charge in [-0.2, -0.15) is 13.2 Å². The van der Waals surface area contributed by atoms with Crippen LogP contribution in [0.25, 0.3) is 0 Å². The van der Waals surface area contributed by atoms with Crippen molar-refractivity contribution in [1.82, 2.24) is 0 Å². The van der Waals surface area contributed by atoms with Gasteiger partial charge in [0.05, 0.1) is 0 Å². The van der Waals surface area contributed by atoms with E-state index < -0.39 is 5.51 Å². The molecule has 0 bridgehead atoms. The minimum Gasteiger partial charge on any atom is -0.330 e. The molecule has 0 aliphatic heterocycles. The van der Waals surface area contributed by atoms with E-state index in [9.17, 15) is 13.2 Å². The van der Waals surface area contributed by atoms with E-state index in [0.717, 1.165) is 24.8 Å². The van der Waals surface area contributed by atoms with Gasteiger partial charge in [-0.05, 0) is 55.3 Å². The first kappa shape index (κ1) is 17.3. The summed E-state index contributed by atoms with van der Waals surface area (Å²) in [4.78, 5) is 0.248. The average Bonchev–Trinajstić information content (AvgIpc) is 2.30. The number of nitrogens with two attached hydrogens (primary N) is 1. The van der Waals surface area contributed by atoms with Crippen molar-refractivity contribution < 1.29 is 13.2 Å². The van der Waals surface area contributed by atoms with Crippen LogP contribution < -0.4 is 5.73 Å². The monoisotopic (exact) mass is 279 g/mol. The number of thioether (sulfide) groups is 1. The number of unbranched alkanes of at least 4 members (excludes halogenated alkanes) is 1. The van der Waals surface area contributed by atoms with Gasteiger partial charge in [-0.1, -0.05) is 26.0 Å². The normalized spacial score (nSPS) is 10.8. The summed E-state index contributed by atoms with van der Waals surface area (Å²) in [6.45, 7) is 4.62. The van der Waals surface area contributed by atoms with Gasteiger partial charge in [0.2, 0.25) is 0 Å². The molecule has 0 aliphatic rings. The molecular weight excluding hydrogens is 259 g/mol. The molecule has 0 unspecified atom stereocenters. The van der Waals surface area contributed by atoms with Crippen LogP contribution in [0.2, 0.25) is 0 Å². The third-order valence-electron chi connectivity index (χ3n) is 2.05. The van der Waals surface area contributed by atoms with Crippen LogP contribution in [0.1, 0.15) is 32.3 Å². The maximum atomic E-state index is 12.1. The topological polar surface area (TPSA) is 26.0 Å². The SMILES string of the molecule is CC.NCCCCc1cccc(SC(F)(F)F)c1. The lowest BCUT2D eigenvalue weighted by molar-refractivity contribution is -0.0328. The second kappa shape index (κ2) is 9.28. The summed E-state index contributed by atoms with van der Waals surface area (Å²) in [6.07, 6.45) is 2.59. The highest BCUT2D eigenvalue weighted by atomic mass is 32.2. The number of rotatable bonds is 5. The molecule has 0 amide bonds. The maximum absolute atomic E-state index is 12.1. The molecule has 0 aliphatic carbocycles. The van der Waals surface area contributed by atoms with E-state index in [1.54, 1.807) is 12.1 Å². The van der Waals surface area contributed by atoms with Gasteiger partial charge < -0.3 is 5.73 Å². The molecule has 2 N–H and O–H groups in total. The number of hydrogen-bond donors (Lipinski definition) is 1. The van der Waals surface area contributed by atoms with E-state index in [1.165, 1.54) is 6.07 Å². The van der Waals surface area contributed by atoms with Crippen LogP contribution in [0.4, 0.5) is 13.2 Å². The zero-order chi connectivity index (χ0) is 14.0. The van der Waals surface area contributed by atoms with Gasteiger partial charge in [0.1, 0.15) is 0 Å². The molecule has 1 nitrogen and oxygen atoms in total. The highest BCUT2D eigenvalue weighted by Gasteiger charge is 2.29. The highest BCUT2D eigenvalue weighted by molar-refractivity contribution is 8.00. The standard InChI is InChI=1S/C11H14F3NS.C2H6/c12-11(13,14)16-10-6-3-5-9(8-10)4-1-2-7-15;1-2/h3,5-6,8H,1-2,4,7,15H2;1-2H3. The average molecular weight is 279 g/mol. The molecular formula is C13H20F3NS. The van der Waals surface area contributed by atoms with Crippen molar-refractivity contribution in [3.05, 3.63) is 29.8 Å². The van der Waals surface area contributed by atoms with Crippen LogP contribution in [0.3, 0.4) is 0 Å². The summed E-state index contributed by atoms with van der Waals surface area (Å²) in [5.41, 5.74) is 2.07. The number of hydrogen-bond acceptors (Lipinski definition) is 2. The summed E-state index contributed by atoms with van der Waals surface area (Å²) >= 11 is -0.0706. The van der Waals surface area contributed by atoms with Gasteiger partial charge in [-0.25, -0.2) is 0 Å². The number of aryl methyl sites for hydroxylation is 1. The minimum absolute atomic E-state index is 0.0706. The van der Waals surface area contributed by atoms with Crippen LogP contribution in [0.5, 0.6) is 0 Å². The van der Waals surface area contributed by atoms with E-state index in [2.05, 4.69) is 0 Å². The molecule has 0 radical (unpaired) electrons. The molecule has 0 heterocycles. The molecule has 0 atom stereocenters. The molecule has 0 fully saturated rings. The second-order valence-electron chi connectivity index (χ2n) is 3.44. The summed E-state index contributed by atoms with van der Waals surface area (Å²) in [5.74, 6) is 0. The van der Waals surface area contributed by atoms with Crippen LogP contribution >= 0.6 is 11.8 Å². The fourth-order valence-corrected chi connectivity index (χ4v) is 2.00. The van der Waals surface area contributed by atoms with Crippen LogP contribution in [-0.4, -0.2) is 12.1 Å². The molecule has 0 saturated heterocycles. The zero-order valence-electron chi connectivity index (χ0n) is 10.8. The Morgan fingerprint density at radius 1 is 1.17 bits per heavy atom. The second-order valence-corrected chi connectivity index (χ2v) is 4.58. The molecule has 1 rings (SSSR count). The van der Waals surface area contributed by atoms with E-state index in [-0.39, 0.29) is 16.7 Å². The fraction of sp³-hybridized carbons (Fsp3) is 0.538. The smallest absolute Gasteiger partial charge is 0.330 e. The predicted octanol–water partition coefficient (Wildman–Crippen LogP) is 4.61. The largest absolute Gasteiger partial charge is 0.446 e. The summed E-state index contributed by atoms with van der Waals surface area (Å²) < 4.78 is 36.4. The Balaban J connectivity index is 0.00000137. The Labute approximate surface area is 111 Å². The maximum Gasteiger partial charge on any atom is 0.446 e. The lowest BCUT2D eigenvalue weighted by Gasteiger charge is -2.07. The summed E-state index contributed by atoms with van der Waals surface area (Å²) in [7, 11) is 0. The van der Waals surface area contributed by atoms with Crippen molar-refractivity contribution in [2.24, 2.45) is 5.73 Å². The first-order valence-corrected chi connectivity index (χ1v) is 6.87. The molecule has 1 aromatic carbocycles. The van der Waals surface area contributed by atoms with Crippen molar-refractivity contribution in [3.8, 4) is 0 Å². The Hall–Kier alpha value is -0.680. The lowest BCUT2D eigenvalue weighted by Crippen LogP contribution is -2.00. The van der Waals surface area contributed by atoms with Crippen molar-refractivity contribution >= 4 is 11.8 Å². The molecule has 5 heteroatoms. The quantitative estimate of drug-likeness (QED) is 0.629. The van der Waals surface area contributed by atoms with Crippen LogP contribution in [0, 0.1) is 0 Å². The van der Waals surface area contributed by atoms with Crippen LogP contribution in [0.15, 0.2) is 29.2 Å². The van der Waals surface area contributed by atoms with E-state index in [4.69, 9.17) is 5.73 Å². The fourth-order valence-electron chi connectivity index (χ4n) is 1.37. The van der Waals surface area contributed by atoms with Gasteiger partial charge in [0.15, 0.2) is 0 Å². The number of benzene rings is 1. The first-order valence-electron chi connectivity index (χ1n) is 6.06. The van der Waals surface area contributed by atoms with Gasteiger partial charge in [0, 0.05) is 4.90 Å². The van der Waals surface area contributed by atoms with Gasteiger partial charge in [-0.3, -0.25) is 0 Å². The van der Waals surface area contributed by atoms with E-state index in [1.807, 2.05) is 19.9 Å². The van der Waals surface area contributed by atoms with Crippen molar-refractivity contribution in [2.75, 3.05) is 6.54 Å². The van der Waals surface area contributed by atoms with Gasteiger partial charge in [-0.15, -0.1) is 0 Å². The molecule has 1 aromatic rings. The minimum atomic E-state index is -4.21. The Kier molecular flexibility index (Phi) is 8.93. The van der Waals surface area contributed by atoms with E-state index in [0.29, 0.717) is 6.54 Å². The van der Waals surface area contributed by atoms with Crippen LogP contribution in [-0.2, 0) is 6.42 Å². The highest BCUT2D eigenvalue weighted by Crippen LogP contribution is 2.36. The lowest BCUT2D eigenvalue weighted by atomic mass is 10.1. The summed E-state index contributed by atoms with van der Waals surface area (Å²) in [6, 6.07) is 6.57.